The van der Waals surface area contributed by atoms with Gasteiger partial charge in [0.15, 0.2) is 0 Å². The van der Waals surface area contributed by atoms with E-state index in [4.69, 9.17) is 5.11 Å². The van der Waals surface area contributed by atoms with Crippen molar-refractivity contribution in [2.24, 2.45) is 5.92 Å². The highest BCUT2D eigenvalue weighted by Gasteiger charge is 2.17. The minimum absolute atomic E-state index is 0.203. The molecule has 0 bridgehead atoms. The van der Waals surface area contributed by atoms with Crippen molar-refractivity contribution < 1.29 is 9.90 Å². The van der Waals surface area contributed by atoms with Crippen molar-refractivity contribution in [3.63, 3.8) is 0 Å². The van der Waals surface area contributed by atoms with Gasteiger partial charge in [0.1, 0.15) is 0 Å². The largest absolute Gasteiger partial charge is 0.481 e. The van der Waals surface area contributed by atoms with E-state index in [-0.39, 0.29) is 5.56 Å². The van der Waals surface area contributed by atoms with Crippen molar-refractivity contribution in [1.82, 2.24) is 4.57 Å². The summed E-state index contributed by atoms with van der Waals surface area (Å²) in [6.07, 6.45) is 1.69. The van der Waals surface area contributed by atoms with Crippen molar-refractivity contribution in [3.8, 4) is 0 Å². The lowest BCUT2D eigenvalue weighted by Crippen LogP contribution is -2.27. The SMILES string of the molecule is CC(C)Cn1cccc(C(C)C(=O)O)c1=O. The van der Waals surface area contributed by atoms with Crippen LogP contribution in [0.3, 0.4) is 0 Å². The first-order valence-corrected chi connectivity index (χ1v) is 5.35. The van der Waals surface area contributed by atoms with Crippen LogP contribution in [0.4, 0.5) is 0 Å². The monoisotopic (exact) mass is 223 g/mol. The fraction of sp³-hybridized carbons (Fsp3) is 0.500. The van der Waals surface area contributed by atoms with Gasteiger partial charge >= 0.3 is 5.97 Å². The number of hydrogen-bond donors (Lipinski definition) is 1. The zero-order chi connectivity index (χ0) is 12.3. The van der Waals surface area contributed by atoms with Crippen LogP contribution in [0.1, 0.15) is 32.3 Å². The van der Waals surface area contributed by atoms with Gasteiger partial charge < -0.3 is 9.67 Å². The summed E-state index contributed by atoms with van der Waals surface area (Å²) in [6.45, 7) is 6.16. The number of aromatic nitrogens is 1. The molecule has 1 aromatic heterocycles. The van der Waals surface area contributed by atoms with Crippen molar-refractivity contribution in [3.05, 3.63) is 34.2 Å². The molecule has 1 heterocycles. The lowest BCUT2D eigenvalue weighted by Gasteiger charge is -2.12. The maximum atomic E-state index is 11.9. The van der Waals surface area contributed by atoms with Gasteiger partial charge in [-0.15, -0.1) is 0 Å². The van der Waals surface area contributed by atoms with Gasteiger partial charge in [-0.05, 0) is 18.9 Å². The van der Waals surface area contributed by atoms with E-state index in [0.717, 1.165) is 0 Å². The van der Waals surface area contributed by atoms with E-state index < -0.39 is 11.9 Å². The van der Waals surface area contributed by atoms with Crippen LogP contribution in [0.25, 0.3) is 0 Å². The first-order chi connectivity index (χ1) is 7.43. The van der Waals surface area contributed by atoms with Crippen molar-refractivity contribution in [1.29, 1.82) is 0 Å². The number of nitrogens with zero attached hydrogens (tertiary/aromatic N) is 1. The number of rotatable bonds is 4. The van der Waals surface area contributed by atoms with E-state index in [0.29, 0.717) is 18.0 Å². The third-order valence-corrected chi connectivity index (χ3v) is 2.45. The Kier molecular flexibility index (Phi) is 3.88. The van der Waals surface area contributed by atoms with Crippen LogP contribution >= 0.6 is 0 Å². The summed E-state index contributed by atoms with van der Waals surface area (Å²) in [5, 5.41) is 8.88. The number of pyridine rings is 1. The molecule has 1 unspecified atom stereocenters. The molecule has 0 aliphatic heterocycles. The molecule has 0 aromatic carbocycles. The number of hydrogen-bond acceptors (Lipinski definition) is 2. The normalized spacial score (nSPS) is 12.8. The Hall–Kier alpha value is -1.58. The Balaban J connectivity index is 3.14. The Labute approximate surface area is 94.5 Å². The fourth-order valence-electron chi connectivity index (χ4n) is 1.56. The number of carboxylic acids is 1. The molecular formula is C12H17NO3. The van der Waals surface area contributed by atoms with Crippen LogP contribution in [-0.2, 0) is 11.3 Å². The topological polar surface area (TPSA) is 59.3 Å². The van der Waals surface area contributed by atoms with E-state index in [9.17, 15) is 9.59 Å². The molecule has 4 nitrogen and oxygen atoms in total. The third-order valence-electron chi connectivity index (χ3n) is 2.45. The highest BCUT2D eigenvalue weighted by molar-refractivity contribution is 5.75. The summed E-state index contributed by atoms with van der Waals surface area (Å²) in [4.78, 5) is 22.8. The molecule has 1 N–H and O–H groups in total. The van der Waals surface area contributed by atoms with Crippen LogP contribution in [0.15, 0.2) is 23.1 Å². The molecule has 0 radical (unpaired) electrons. The van der Waals surface area contributed by atoms with Gasteiger partial charge in [0.05, 0.1) is 5.92 Å². The van der Waals surface area contributed by atoms with Crippen LogP contribution in [0.2, 0.25) is 0 Å². The van der Waals surface area contributed by atoms with Gasteiger partial charge in [0.2, 0.25) is 0 Å². The van der Waals surface area contributed by atoms with E-state index in [1.165, 1.54) is 6.92 Å². The fourth-order valence-corrected chi connectivity index (χ4v) is 1.56. The van der Waals surface area contributed by atoms with Crippen LogP contribution in [-0.4, -0.2) is 15.6 Å². The van der Waals surface area contributed by atoms with Crippen LogP contribution < -0.4 is 5.56 Å². The molecule has 0 aliphatic carbocycles. The third kappa shape index (κ3) is 2.72. The van der Waals surface area contributed by atoms with Gasteiger partial charge in [-0.25, -0.2) is 0 Å². The van der Waals surface area contributed by atoms with Gasteiger partial charge in [-0.2, -0.15) is 0 Å². The van der Waals surface area contributed by atoms with Gasteiger partial charge in [0, 0.05) is 18.3 Å². The molecule has 1 aromatic rings. The molecule has 0 spiro atoms. The van der Waals surface area contributed by atoms with Gasteiger partial charge in [-0.3, -0.25) is 9.59 Å². The molecule has 0 aliphatic rings. The maximum Gasteiger partial charge on any atom is 0.310 e. The quantitative estimate of drug-likeness (QED) is 0.845. The first kappa shape index (κ1) is 12.5. The lowest BCUT2D eigenvalue weighted by atomic mass is 10.0. The predicted molar refractivity (Wildman–Crippen MR) is 61.6 cm³/mol. The average molecular weight is 223 g/mol. The Bertz CT molecular complexity index is 434. The van der Waals surface area contributed by atoms with E-state index >= 15 is 0 Å². The molecular weight excluding hydrogens is 206 g/mol. The molecule has 1 rings (SSSR count). The summed E-state index contributed by atoms with van der Waals surface area (Å²) in [5.41, 5.74) is 0.141. The molecule has 16 heavy (non-hydrogen) atoms. The van der Waals surface area contributed by atoms with E-state index in [1.807, 2.05) is 13.8 Å². The highest BCUT2D eigenvalue weighted by Crippen LogP contribution is 2.10. The smallest absolute Gasteiger partial charge is 0.310 e. The van der Waals surface area contributed by atoms with E-state index in [2.05, 4.69) is 0 Å². The Morgan fingerprint density at radius 1 is 1.44 bits per heavy atom. The Morgan fingerprint density at radius 2 is 2.06 bits per heavy atom. The van der Waals surface area contributed by atoms with Gasteiger partial charge in [0.25, 0.3) is 5.56 Å². The second-order valence-electron chi connectivity index (χ2n) is 4.37. The zero-order valence-corrected chi connectivity index (χ0v) is 9.80. The van der Waals surface area contributed by atoms with Crippen molar-refractivity contribution in [2.45, 2.75) is 33.2 Å². The highest BCUT2D eigenvalue weighted by atomic mass is 16.4. The number of aliphatic carboxylic acids is 1. The second kappa shape index (κ2) is 4.96. The van der Waals surface area contributed by atoms with Crippen LogP contribution in [0, 0.1) is 5.92 Å². The summed E-state index contributed by atoms with van der Waals surface area (Å²) >= 11 is 0. The summed E-state index contributed by atoms with van der Waals surface area (Å²) in [6, 6.07) is 3.30. The van der Waals surface area contributed by atoms with Crippen LogP contribution in [0.5, 0.6) is 0 Å². The molecule has 0 saturated carbocycles. The standard InChI is InChI=1S/C12H17NO3/c1-8(2)7-13-6-4-5-10(11(13)14)9(3)12(15)16/h4-6,8-9H,7H2,1-3H3,(H,15,16). The van der Waals surface area contributed by atoms with Gasteiger partial charge in [-0.1, -0.05) is 19.9 Å². The molecule has 0 amide bonds. The lowest BCUT2D eigenvalue weighted by molar-refractivity contribution is -0.138. The summed E-state index contributed by atoms with van der Waals surface area (Å²) in [7, 11) is 0. The average Bonchev–Trinajstić information content (AvgIpc) is 2.19. The predicted octanol–water partition coefficient (Wildman–Crippen LogP) is 1.69. The second-order valence-corrected chi connectivity index (χ2v) is 4.37. The molecule has 1 atom stereocenters. The maximum absolute atomic E-state index is 11.9. The summed E-state index contributed by atoms with van der Waals surface area (Å²) < 4.78 is 1.57. The Morgan fingerprint density at radius 3 is 2.56 bits per heavy atom. The van der Waals surface area contributed by atoms with Crippen molar-refractivity contribution >= 4 is 5.97 Å². The van der Waals surface area contributed by atoms with Crippen molar-refractivity contribution in [2.75, 3.05) is 0 Å². The molecule has 0 fully saturated rings. The summed E-state index contributed by atoms with van der Waals surface area (Å²) in [5.74, 6) is -1.38. The minimum Gasteiger partial charge on any atom is -0.481 e. The molecule has 0 saturated heterocycles. The van der Waals surface area contributed by atoms with E-state index in [1.54, 1.807) is 22.9 Å². The zero-order valence-electron chi connectivity index (χ0n) is 9.80. The molecule has 4 heteroatoms. The number of carboxylic acid groups (broad SMARTS) is 1. The molecule has 88 valence electrons. The first-order valence-electron chi connectivity index (χ1n) is 5.35. The minimum atomic E-state index is -0.973. The number of carbonyl (C=O) groups is 1.